The Bertz CT molecular complexity index is 722. The lowest BCUT2D eigenvalue weighted by Crippen LogP contribution is -2.15. The number of aldehydes is 1. The van der Waals surface area contributed by atoms with Crippen molar-refractivity contribution in [1.29, 1.82) is 0 Å². The number of anilines is 2. The molecule has 1 atom stereocenters. The predicted molar refractivity (Wildman–Crippen MR) is 122 cm³/mol. The maximum atomic E-state index is 11.0. The molecule has 2 aromatic rings. The summed E-state index contributed by atoms with van der Waals surface area (Å²) in [6, 6.07) is 17.4. The molecule has 0 aliphatic rings. The Morgan fingerprint density at radius 3 is 1.68 bits per heavy atom. The fourth-order valence-corrected chi connectivity index (χ4v) is 3.52. The normalized spacial score (nSPS) is 12.2. The molecule has 0 amide bonds. The Balaban J connectivity index is 2.49. The van der Waals surface area contributed by atoms with Crippen LogP contribution in [0.25, 0.3) is 0 Å². The van der Waals surface area contributed by atoms with Crippen molar-refractivity contribution in [3.63, 3.8) is 0 Å². The Kier molecular flexibility index (Phi) is 8.06. The van der Waals surface area contributed by atoms with Crippen molar-refractivity contribution in [3.05, 3.63) is 84.5 Å². The molecule has 0 saturated heterocycles. The fraction of sp³-hybridized carbons (Fsp3) is 0.320. The molecule has 0 spiro atoms. The van der Waals surface area contributed by atoms with E-state index in [9.17, 15) is 4.79 Å². The van der Waals surface area contributed by atoms with Gasteiger partial charge in [0.25, 0.3) is 0 Å². The topological polar surface area (TPSA) is 23.6 Å². The molecule has 3 nitrogen and oxygen atoms in total. The molecule has 0 heterocycles. The number of allylic oxidation sites excluding steroid dienone is 3. The van der Waals surface area contributed by atoms with Gasteiger partial charge in [0.05, 0.1) is 0 Å². The number of rotatable bonds is 10. The molecule has 3 heteroatoms. The molecule has 0 bridgehead atoms. The van der Waals surface area contributed by atoms with E-state index in [1.165, 1.54) is 22.5 Å². The summed E-state index contributed by atoms with van der Waals surface area (Å²) in [5, 5.41) is 0. The Hall–Kier alpha value is -2.81. The second kappa shape index (κ2) is 10.5. The lowest BCUT2D eigenvalue weighted by molar-refractivity contribution is -0.104. The lowest BCUT2D eigenvalue weighted by atomic mass is 9.78. The van der Waals surface area contributed by atoms with Gasteiger partial charge in [-0.15, -0.1) is 6.58 Å². The Labute approximate surface area is 170 Å². The van der Waals surface area contributed by atoms with Gasteiger partial charge in [0.15, 0.2) is 0 Å². The third kappa shape index (κ3) is 5.59. The zero-order valence-corrected chi connectivity index (χ0v) is 17.5. The van der Waals surface area contributed by atoms with Crippen LogP contribution in [0.1, 0.15) is 29.9 Å². The molecule has 0 fully saturated rings. The second-order valence-electron chi connectivity index (χ2n) is 7.50. The molecule has 0 unspecified atom stereocenters. The van der Waals surface area contributed by atoms with Crippen LogP contribution in [0, 0.1) is 5.92 Å². The first-order valence-corrected chi connectivity index (χ1v) is 9.75. The van der Waals surface area contributed by atoms with Crippen LogP contribution in [0.4, 0.5) is 11.4 Å². The summed E-state index contributed by atoms with van der Waals surface area (Å²) in [7, 11) is 8.19. The first-order valence-electron chi connectivity index (χ1n) is 9.75. The third-order valence-corrected chi connectivity index (χ3v) is 5.11. The largest absolute Gasteiger partial charge is 0.378 e. The maximum Gasteiger partial charge on any atom is 0.142 e. The van der Waals surface area contributed by atoms with E-state index in [1.54, 1.807) is 6.08 Å². The highest BCUT2D eigenvalue weighted by molar-refractivity contribution is 5.64. The highest BCUT2D eigenvalue weighted by atomic mass is 16.1. The summed E-state index contributed by atoms with van der Waals surface area (Å²) < 4.78 is 0. The van der Waals surface area contributed by atoms with Crippen LogP contribution in [0.15, 0.2) is 73.3 Å². The van der Waals surface area contributed by atoms with E-state index >= 15 is 0 Å². The summed E-state index contributed by atoms with van der Waals surface area (Å²) in [5.74, 6) is 0.405. The van der Waals surface area contributed by atoms with Crippen LogP contribution in [-0.4, -0.2) is 34.5 Å². The Morgan fingerprint density at radius 1 is 0.857 bits per heavy atom. The molecule has 2 rings (SSSR count). The van der Waals surface area contributed by atoms with E-state index in [0.29, 0.717) is 0 Å². The minimum Gasteiger partial charge on any atom is -0.378 e. The zero-order chi connectivity index (χ0) is 20.5. The van der Waals surface area contributed by atoms with E-state index in [-0.39, 0.29) is 11.8 Å². The standard InChI is InChI=1S/C25H32N2O/c1-6-7-9-20(10-8-19-28)25(21-11-15-23(16-12-21)26(2)3)22-13-17-24(18-14-22)27(4)5/h6,8,10-20,25H,1,7,9H2,2-5H3/b10-8+/t20-/m1/s1. The number of hydrogen-bond donors (Lipinski definition) is 0. The fourth-order valence-electron chi connectivity index (χ4n) is 3.52. The van der Waals surface area contributed by atoms with Crippen LogP contribution < -0.4 is 9.80 Å². The lowest BCUT2D eigenvalue weighted by Gasteiger charge is -2.27. The average molecular weight is 377 g/mol. The smallest absolute Gasteiger partial charge is 0.142 e. The van der Waals surface area contributed by atoms with E-state index in [2.05, 4.69) is 64.9 Å². The number of carbonyl (C=O) groups excluding carboxylic acids is 1. The quantitative estimate of drug-likeness (QED) is 0.320. The van der Waals surface area contributed by atoms with Gasteiger partial charge in [-0.2, -0.15) is 0 Å². The van der Waals surface area contributed by atoms with Crippen molar-refractivity contribution < 1.29 is 4.79 Å². The van der Waals surface area contributed by atoms with E-state index in [1.807, 2.05) is 40.3 Å². The van der Waals surface area contributed by atoms with Gasteiger partial charge < -0.3 is 9.80 Å². The zero-order valence-electron chi connectivity index (χ0n) is 17.5. The number of benzene rings is 2. The molecule has 2 aromatic carbocycles. The highest BCUT2D eigenvalue weighted by Crippen LogP contribution is 2.37. The molecule has 28 heavy (non-hydrogen) atoms. The molecule has 0 aliphatic carbocycles. The summed E-state index contributed by atoms with van der Waals surface area (Å²) in [4.78, 5) is 15.2. The van der Waals surface area contributed by atoms with Crippen molar-refractivity contribution in [2.75, 3.05) is 38.0 Å². The second-order valence-corrected chi connectivity index (χ2v) is 7.50. The minimum atomic E-state index is 0.184. The predicted octanol–water partition coefficient (Wildman–Crippen LogP) is 5.29. The molecule has 0 radical (unpaired) electrons. The van der Waals surface area contributed by atoms with Gasteiger partial charge in [0, 0.05) is 45.5 Å². The summed E-state index contributed by atoms with van der Waals surface area (Å²) >= 11 is 0. The number of carbonyl (C=O) groups is 1. The molecule has 0 aliphatic heterocycles. The van der Waals surface area contributed by atoms with Gasteiger partial charge in [-0.3, -0.25) is 4.79 Å². The van der Waals surface area contributed by atoms with Gasteiger partial charge in [-0.1, -0.05) is 36.4 Å². The average Bonchev–Trinajstić information content (AvgIpc) is 2.70. The van der Waals surface area contributed by atoms with Crippen molar-refractivity contribution >= 4 is 17.7 Å². The van der Waals surface area contributed by atoms with Crippen molar-refractivity contribution in [3.8, 4) is 0 Å². The number of nitrogens with zero attached hydrogens (tertiary/aromatic N) is 2. The van der Waals surface area contributed by atoms with Crippen molar-refractivity contribution in [2.24, 2.45) is 5.92 Å². The monoisotopic (exact) mass is 376 g/mol. The molecular formula is C25H32N2O. The van der Waals surface area contributed by atoms with Gasteiger partial charge >= 0.3 is 0 Å². The van der Waals surface area contributed by atoms with Gasteiger partial charge in [0.2, 0.25) is 0 Å². The van der Waals surface area contributed by atoms with Crippen LogP contribution in [-0.2, 0) is 4.79 Å². The van der Waals surface area contributed by atoms with Gasteiger partial charge in [-0.05, 0) is 60.2 Å². The highest BCUT2D eigenvalue weighted by Gasteiger charge is 2.23. The third-order valence-electron chi connectivity index (χ3n) is 5.11. The summed E-state index contributed by atoms with van der Waals surface area (Å²) in [6.07, 6.45) is 8.34. The first-order chi connectivity index (χ1) is 13.5. The number of hydrogen-bond acceptors (Lipinski definition) is 3. The van der Waals surface area contributed by atoms with Crippen LogP contribution in [0.3, 0.4) is 0 Å². The molecule has 0 aromatic heterocycles. The van der Waals surface area contributed by atoms with Crippen LogP contribution in [0.5, 0.6) is 0 Å². The van der Waals surface area contributed by atoms with Crippen LogP contribution in [0.2, 0.25) is 0 Å². The van der Waals surface area contributed by atoms with Gasteiger partial charge in [-0.25, -0.2) is 0 Å². The van der Waals surface area contributed by atoms with Crippen molar-refractivity contribution in [2.45, 2.75) is 18.8 Å². The van der Waals surface area contributed by atoms with E-state index in [0.717, 1.165) is 19.1 Å². The minimum absolute atomic E-state index is 0.184. The van der Waals surface area contributed by atoms with Gasteiger partial charge in [0.1, 0.15) is 6.29 Å². The maximum absolute atomic E-state index is 11.0. The van der Waals surface area contributed by atoms with E-state index in [4.69, 9.17) is 0 Å². The van der Waals surface area contributed by atoms with E-state index < -0.39 is 0 Å². The first kappa shape index (κ1) is 21.5. The molecular weight excluding hydrogens is 344 g/mol. The molecule has 0 saturated carbocycles. The summed E-state index contributed by atoms with van der Waals surface area (Å²) in [5.41, 5.74) is 4.87. The summed E-state index contributed by atoms with van der Waals surface area (Å²) in [6.45, 7) is 3.88. The molecule has 0 N–H and O–H groups in total. The van der Waals surface area contributed by atoms with Crippen LogP contribution >= 0.6 is 0 Å². The van der Waals surface area contributed by atoms with Crippen molar-refractivity contribution in [1.82, 2.24) is 0 Å². The molecule has 148 valence electrons. The SMILES string of the molecule is C=CCC[C@H](/C=C/C=O)C(c1ccc(N(C)C)cc1)c1ccc(N(C)C)cc1. The Morgan fingerprint density at radius 2 is 1.32 bits per heavy atom.